The first-order chi connectivity index (χ1) is 6.63. The van der Waals surface area contributed by atoms with E-state index < -0.39 is 0 Å². The zero-order valence-corrected chi connectivity index (χ0v) is 8.95. The van der Waals surface area contributed by atoms with Crippen molar-refractivity contribution in [3.05, 3.63) is 35.4 Å². The Labute approximate surface area is 85.1 Å². The summed E-state index contributed by atoms with van der Waals surface area (Å²) < 4.78 is 0. The van der Waals surface area contributed by atoms with Crippen LogP contribution in [0.2, 0.25) is 0 Å². The molecule has 0 N–H and O–H groups in total. The smallest absolute Gasteiger partial charge is 0.166 e. The highest BCUT2D eigenvalue weighted by molar-refractivity contribution is 6.02. The van der Waals surface area contributed by atoms with E-state index in [-0.39, 0.29) is 5.92 Å². The summed E-state index contributed by atoms with van der Waals surface area (Å²) in [4.78, 5) is 11.9. The third-order valence-corrected chi connectivity index (χ3v) is 3.26. The Morgan fingerprint density at radius 3 is 2.50 bits per heavy atom. The van der Waals surface area contributed by atoms with E-state index in [9.17, 15) is 4.79 Å². The molecule has 1 nitrogen and oxygen atoms in total. The molecule has 0 fully saturated rings. The summed E-state index contributed by atoms with van der Waals surface area (Å²) in [5.74, 6) is 1.43. The number of carbonyl (C=O) groups excluding carboxylic acids is 1. The monoisotopic (exact) mass is 188 g/mol. The van der Waals surface area contributed by atoms with Gasteiger partial charge in [-0.3, -0.25) is 4.79 Å². The zero-order valence-electron chi connectivity index (χ0n) is 8.95. The number of hydrogen-bond donors (Lipinski definition) is 0. The average Bonchev–Trinajstić information content (AvgIpc) is 2.41. The molecule has 1 aromatic rings. The molecule has 2 atom stereocenters. The summed E-state index contributed by atoms with van der Waals surface area (Å²) in [6.07, 6.45) is 0. The highest BCUT2D eigenvalue weighted by atomic mass is 16.1. The maximum absolute atomic E-state index is 11.9. The summed E-state index contributed by atoms with van der Waals surface area (Å²) in [6, 6.07) is 8.03. The van der Waals surface area contributed by atoms with E-state index in [0.717, 1.165) is 5.56 Å². The number of fused-ring (bicyclic) bond motifs is 1. The quantitative estimate of drug-likeness (QED) is 0.661. The van der Waals surface area contributed by atoms with Gasteiger partial charge in [0.05, 0.1) is 0 Å². The van der Waals surface area contributed by atoms with E-state index in [2.05, 4.69) is 19.9 Å². The van der Waals surface area contributed by atoms with Crippen LogP contribution in [0, 0.1) is 11.8 Å². The van der Waals surface area contributed by atoms with Gasteiger partial charge in [-0.15, -0.1) is 0 Å². The van der Waals surface area contributed by atoms with Crippen LogP contribution in [0.15, 0.2) is 24.3 Å². The van der Waals surface area contributed by atoms with Crippen LogP contribution < -0.4 is 0 Å². The molecule has 0 heterocycles. The van der Waals surface area contributed by atoms with Gasteiger partial charge in [0.2, 0.25) is 0 Å². The van der Waals surface area contributed by atoms with Crippen molar-refractivity contribution >= 4 is 5.78 Å². The van der Waals surface area contributed by atoms with Crippen LogP contribution in [0.1, 0.15) is 42.6 Å². The van der Waals surface area contributed by atoms with Gasteiger partial charge in [-0.2, -0.15) is 0 Å². The van der Waals surface area contributed by atoms with Crippen LogP contribution in [0.3, 0.4) is 0 Å². The topological polar surface area (TPSA) is 17.1 Å². The Hall–Kier alpha value is -1.11. The van der Waals surface area contributed by atoms with Gasteiger partial charge in [0.15, 0.2) is 5.78 Å². The molecule has 0 radical (unpaired) electrons. The molecule has 0 amide bonds. The van der Waals surface area contributed by atoms with Gasteiger partial charge in [-0.05, 0) is 17.4 Å². The molecule has 0 saturated heterocycles. The molecule has 74 valence electrons. The third kappa shape index (κ3) is 1.19. The lowest BCUT2D eigenvalue weighted by Gasteiger charge is -2.19. The number of ketones is 1. The van der Waals surface area contributed by atoms with Crippen molar-refractivity contribution in [2.75, 3.05) is 0 Å². The molecule has 14 heavy (non-hydrogen) atoms. The largest absolute Gasteiger partial charge is 0.294 e. The van der Waals surface area contributed by atoms with Gasteiger partial charge >= 0.3 is 0 Å². The lowest BCUT2D eigenvalue weighted by molar-refractivity contribution is 0.0924. The van der Waals surface area contributed by atoms with Crippen LogP contribution >= 0.6 is 0 Å². The maximum atomic E-state index is 11.9. The van der Waals surface area contributed by atoms with E-state index in [1.807, 2.05) is 25.1 Å². The van der Waals surface area contributed by atoms with Gasteiger partial charge in [-0.25, -0.2) is 0 Å². The lowest BCUT2D eigenvalue weighted by atomic mass is 9.84. The minimum atomic E-state index is 0.160. The minimum Gasteiger partial charge on any atom is -0.294 e. The first-order valence-corrected chi connectivity index (χ1v) is 5.26. The number of rotatable bonds is 1. The second-order valence-corrected chi connectivity index (χ2v) is 4.51. The van der Waals surface area contributed by atoms with Gasteiger partial charge < -0.3 is 0 Å². The highest BCUT2D eigenvalue weighted by Crippen LogP contribution is 2.41. The fourth-order valence-corrected chi connectivity index (χ4v) is 2.63. The molecule has 0 aliphatic heterocycles. The summed E-state index contributed by atoms with van der Waals surface area (Å²) in [5.41, 5.74) is 2.19. The van der Waals surface area contributed by atoms with E-state index in [1.165, 1.54) is 5.56 Å². The van der Waals surface area contributed by atoms with Crippen molar-refractivity contribution in [1.82, 2.24) is 0 Å². The Kier molecular flexibility index (Phi) is 2.18. The first kappa shape index (κ1) is 9.45. The number of Topliss-reactive ketones (excluding diaryl/α,β-unsaturated/α-hetero) is 1. The summed E-state index contributed by atoms with van der Waals surface area (Å²) in [7, 11) is 0. The Morgan fingerprint density at radius 1 is 1.21 bits per heavy atom. The predicted octanol–water partition coefficient (Wildman–Crippen LogP) is 3.26. The normalized spacial score (nSPS) is 25.6. The van der Waals surface area contributed by atoms with E-state index in [4.69, 9.17) is 0 Å². The predicted molar refractivity (Wildman–Crippen MR) is 57.5 cm³/mol. The van der Waals surface area contributed by atoms with Crippen LogP contribution in [-0.4, -0.2) is 5.78 Å². The van der Waals surface area contributed by atoms with Gasteiger partial charge in [-0.1, -0.05) is 45.0 Å². The Balaban J connectivity index is 2.53. The molecule has 2 unspecified atom stereocenters. The Bertz CT molecular complexity index is 365. The van der Waals surface area contributed by atoms with Crippen molar-refractivity contribution < 1.29 is 4.79 Å². The van der Waals surface area contributed by atoms with Gasteiger partial charge in [0.25, 0.3) is 0 Å². The van der Waals surface area contributed by atoms with E-state index in [0.29, 0.717) is 17.6 Å². The fraction of sp³-hybridized carbons (Fsp3) is 0.462. The van der Waals surface area contributed by atoms with E-state index >= 15 is 0 Å². The zero-order chi connectivity index (χ0) is 10.3. The highest BCUT2D eigenvalue weighted by Gasteiger charge is 2.37. The van der Waals surface area contributed by atoms with Crippen molar-refractivity contribution in [1.29, 1.82) is 0 Å². The summed E-state index contributed by atoms with van der Waals surface area (Å²) >= 11 is 0. The molecule has 0 saturated carbocycles. The molecular weight excluding hydrogens is 172 g/mol. The SMILES string of the molecule is CC(C)C1c2ccccc2C(=O)C1C. The third-order valence-electron chi connectivity index (χ3n) is 3.26. The minimum absolute atomic E-state index is 0.160. The van der Waals surface area contributed by atoms with Crippen LogP contribution in [0.4, 0.5) is 0 Å². The van der Waals surface area contributed by atoms with Crippen LogP contribution in [-0.2, 0) is 0 Å². The van der Waals surface area contributed by atoms with Gasteiger partial charge in [0.1, 0.15) is 0 Å². The molecule has 0 bridgehead atoms. The Morgan fingerprint density at radius 2 is 1.86 bits per heavy atom. The van der Waals surface area contributed by atoms with Crippen molar-refractivity contribution in [3.63, 3.8) is 0 Å². The van der Waals surface area contributed by atoms with Gasteiger partial charge in [0, 0.05) is 11.5 Å². The first-order valence-electron chi connectivity index (χ1n) is 5.26. The number of hydrogen-bond acceptors (Lipinski definition) is 1. The molecule has 1 aliphatic rings. The standard InChI is InChI=1S/C13H16O/c1-8(2)12-9(3)13(14)11-7-5-4-6-10(11)12/h4-9,12H,1-3H3. The van der Waals surface area contributed by atoms with Crippen molar-refractivity contribution in [3.8, 4) is 0 Å². The molecule has 1 aliphatic carbocycles. The molecule has 1 aromatic carbocycles. The number of benzene rings is 1. The number of carbonyl (C=O) groups is 1. The second-order valence-electron chi connectivity index (χ2n) is 4.51. The van der Waals surface area contributed by atoms with Crippen LogP contribution in [0.5, 0.6) is 0 Å². The molecule has 1 heteroatoms. The van der Waals surface area contributed by atoms with Crippen molar-refractivity contribution in [2.24, 2.45) is 11.8 Å². The maximum Gasteiger partial charge on any atom is 0.166 e. The molecule has 0 spiro atoms. The molecule has 0 aromatic heterocycles. The summed E-state index contributed by atoms with van der Waals surface area (Å²) in [6.45, 7) is 6.43. The molecular formula is C13H16O. The van der Waals surface area contributed by atoms with Crippen LogP contribution in [0.25, 0.3) is 0 Å². The summed E-state index contributed by atoms with van der Waals surface area (Å²) in [5, 5.41) is 0. The van der Waals surface area contributed by atoms with E-state index in [1.54, 1.807) is 0 Å². The fourth-order valence-electron chi connectivity index (χ4n) is 2.63. The lowest BCUT2D eigenvalue weighted by Crippen LogP contribution is -2.14. The second kappa shape index (κ2) is 3.23. The van der Waals surface area contributed by atoms with Crippen molar-refractivity contribution in [2.45, 2.75) is 26.7 Å². The molecule has 2 rings (SSSR count). The average molecular weight is 188 g/mol.